The average Bonchev–Trinajstić information content (AvgIpc) is 3.19. The van der Waals surface area contributed by atoms with E-state index in [4.69, 9.17) is 0 Å². The molecule has 11 heteroatoms. The Morgan fingerprint density at radius 2 is 2.11 bits per heavy atom. The lowest BCUT2D eigenvalue weighted by molar-refractivity contribution is -0.133. The minimum absolute atomic E-state index is 0.0380. The number of carbonyl (C=O) groups excluding carboxylic acids is 2. The Bertz CT molecular complexity index is 1160. The molecule has 2 aliphatic rings. The first-order valence-corrected chi connectivity index (χ1v) is 11.5. The summed E-state index contributed by atoms with van der Waals surface area (Å²) < 4.78 is 26.3. The van der Waals surface area contributed by atoms with E-state index in [9.17, 15) is 18.0 Å². The van der Waals surface area contributed by atoms with Crippen LogP contribution in [-0.2, 0) is 26.5 Å². The topological polar surface area (TPSA) is 113 Å². The van der Waals surface area contributed by atoms with Gasteiger partial charge in [0.25, 0.3) is 5.91 Å². The lowest BCUT2D eigenvalue weighted by Crippen LogP contribution is -2.43. The van der Waals surface area contributed by atoms with E-state index in [0.29, 0.717) is 11.2 Å². The molecule has 0 spiro atoms. The van der Waals surface area contributed by atoms with E-state index < -0.39 is 21.8 Å². The minimum Gasteiger partial charge on any atom is -0.318 e. The molecule has 0 bridgehead atoms. The number of fused-ring (bicyclic) bond motifs is 1. The van der Waals surface area contributed by atoms with E-state index in [1.165, 1.54) is 16.3 Å². The van der Waals surface area contributed by atoms with Gasteiger partial charge in [0.15, 0.2) is 9.84 Å². The number of benzene rings is 1. The van der Waals surface area contributed by atoms with Crippen LogP contribution in [0.2, 0.25) is 0 Å². The molecule has 1 N–H and O–H groups in total. The Morgan fingerprint density at radius 1 is 1.32 bits per heavy atom. The monoisotopic (exact) mass is 421 g/mol. The number of aryl methyl sites for hydroxylation is 1. The molecule has 28 heavy (non-hydrogen) atoms. The van der Waals surface area contributed by atoms with Crippen LogP contribution in [0.5, 0.6) is 0 Å². The first-order valence-electron chi connectivity index (χ1n) is 8.83. The molecule has 9 nitrogen and oxygen atoms in total. The number of para-hydroxylation sites is 1. The highest BCUT2D eigenvalue weighted by Gasteiger charge is 2.37. The SMILES string of the molecule is Cn1/c(=N/NC(=O)C2=NN(C3CCS(=O)(=O)C3)C(=O)CC2)sc2ccccc21. The highest BCUT2D eigenvalue weighted by molar-refractivity contribution is 7.91. The Morgan fingerprint density at radius 3 is 2.82 bits per heavy atom. The van der Waals surface area contributed by atoms with Gasteiger partial charge in [0.05, 0.1) is 27.8 Å². The third-order valence-electron chi connectivity index (χ3n) is 4.84. The second-order valence-corrected chi connectivity index (χ2v) is 10.0. The van der Waals surface area contributed by atoms with Gasteiger partial charge in [-0.2, -0.15) is 5.10 Å². The molecule has 1 unspecified atom stereocenters. The summed E-state index contributed by atoms with van der Waals surface area (Å²) in [6.45, 7) is 0. The second kappa shape index (κ2) is 7.13. The van der Waals surface area contributed by atoms with Gasteiger partial charge in [0.1, 0.15) is 5.71 Å². The first kappa shape index (κ1) is 18.8. The number of hydrogen-bond donors (Lipinski definition) is 1. The molecule has 4 rings (SSSR count). The van der Waals surface area contributed by atoms with Crippen LogP contribution in [0.25, 0.3) is 10.2 Å². The number of nitrogens with one attached hydrogen (secondary N) is 1. The Kier molecular flexibility index (Phi) is 4.79. The summed E-state index contributed by atoms with van der Waals surface area (Å²) in [6.07, 6.45) is 0.669. The van der Waals surface area contributed by atoms with Crippen LogP contribution in [0.1, 0.15) is 19.3 Å². The van der Waals surface area contributed by atoms with E-state index in [0.717, 1.165) is 10.2 Å². The summed E-state index contributed by atoms with van der Waals surface area (Å²) in [4.78, 5) is 25.3. The number of amides is 2. The molecule has 1 atom stereocenters. The summed E-state index contributed by atoms with van der Waals surface area (Å²) in [5.74, 6) is -0.822. The number of sulfone groups is 1. The lowest BCUT2D eigenvalue weighted by Gasteiger charge is -2.27. The fraction of sp³-hybridized carbons (Fsp3) is 0.412. The fourth-order valence-corrected chi connectivity index (χ4v) is 6.01. The molecule has 1 saturated heterocycles. The Labute approximate surface area is 165 Å². The van der Waals surface area contributed by atoms with Gasteiger partial charge in [-0.05, 0) is 18.6 Å². The van der Waals surface area contributed by atoms with Gasteiger partial charge >= 0.3 is 0 Å². The maximum absolute atomic E-state index is 12.5. The van der Waals surface area contributed by atoms with Gasteiger partial charge in [-0.1, -0.05) is 23.5 Å². The lowest BCUT2D eigenvalue weighted by atomic mass is 10.1. The smallest absolute Gasteiger partial charge is 0.287 e. The van der Waals surface area contributed by atoms with Crippen LogP contribution in [0, 0.1) is 0 Å². The van der Waals surface area contributed by atoms with Gasteiger partial charge in [0.2, 0.25) is 10.7 Å². The van der Waals surface area contributed by atoms with Crippen molar-refractivity contribution in [2.24, 2.45) is 17.3 Å². The zero-order chi connectivity index (χ0) is 19.9. The van der Waals surface area contributed by atoms with Crippen LogP contribution in [0.15, 0.2) is 34.5 Å². The first-order chi connectivity index (χ1) is 13.3. The predicted octanol–water partition coefficient (Wildman–Crippen LogP) is 0.337. The third kappa shape index (κ3) is 3.59. The third-order valence-corrected chi connectivity index (χ3v) is 7.71. The highest BCUT2D eigenvalue weighted by Crippen LogP contribution is 2.22. The fourth-order valence-electron chi connectivity index (χ4n) is 3.34. The summed E-state index contributed by atoms with van der Waals surface area (Å²) >= 11 is 1.44. The number of thiazole rings is 1. The van der Waals surface area contributed by atoms with Gasteiger partial charge in [0, 0.05) is 19.9 Å². The largest absolute Gasteiger partial charge is 0.318 e. The quantitative estimate of drug-likeness (QED) is 0.720. The van der Waals surface area contributed by atoms with Gasteiger partial charge in [-0.3, -0.25) is 9.59 Å². The predicted molar refractivity (Wildman–Crippen MR) is 105 cm³/mol. The molecular formula is C17H19N5O4S2. The van der Waals surface area contributed by atoms with Crippen molar-refractivity contribution in [3.05, 3.63) is 29.1 Å². The molecule has 1 aromatic carbocycles. The summed E-state index contributed by atoms with van der Waals surface area (Å²) in [5.41, 5.74) is 3.69. The number of hydrazone groups is 1. The second-order valence-electron chi connectivity index (χ2n) is 6.81. The van der Waals surface area contributed by atoms with E-state index in [1.807, 2.05) is 35.9 Å². The number of hydrogen-bond acceptors (Lipinski definition) is 7. The van der Waals surface area contributed by atoms with Crippen LogP contribution in [0.3, 0.4) is 0 Å². The van der Waals surface area contributed by atoms with Crippen LogP contribution >= 0.6 is 11.3 Å². The van der Waals surface area contributed by atoms with Crippen molar-refractivity contribution in [2.45, 2.75) is 25.3 Å². The maximum Gasteiger partial charge on any atom is 0.287 e. The van der Waals surface area contributed by atoms with Crippen molar-refractivity contribution in [3.8, 4) is 0 Å². The van der Waals surface area contributed by atoms with Crippen molar-refractivity contribution in [1.82, 2.24) is 15.0 Å². The highest BCUT2D eigenvalue weighted by atomic mass is 32.2. The molecular weight excluding hydrogens is 402 g/mol. The van der Waals surface area contributed by atoms with Gasteiger partial charge in [-0.25, -0.2) is 18.9 Å². The summed E-state index contributed by atoms with van der Waals surface area (Å²) in [5, 5.41) is 9.50. The zero-order valence-corrected chi connectivity index (χ0v) is 16.8. The normalized spacial score (nSPS) is 22.5. The Balaban J connectivity index is 1.54. The molecule has 3 heterocycles. The average molecular weight is 422 g/mol. The minimum atomic E-state index is -3.15. The van der Waals surface area contributed by atoms with Crippen LogP contribution in [-0.4, -0.2) is 53.1 Å². The molecule has 1 fully saturated rings. The van der Waals surface area contributed by atoms with E-state index in [2.05, 4.69) is 15.6 Å². The summed E-state index contributed by atoms with van der Waals surface area (Å²) in [6, 6.07) is 7.32. The number of nitrogens with zero attached hydrogens (tertiary/aromatic N) is 4. The number of rotatable bonds is 3. The Hall–Kier alpha value is -2.53. The molecule has 0 radical (unpaired) electrons. The van der Waals surface area contributed by atoms with E-state index >= 15 is 0 Å². The van der Waals surface area contributed by atoms with Crippen molar-refractivity contribution in [2.75, 3.05) is 11.5 Å². The van der Waals surface area contributed by atoms with Crippen molar-refractivity contribution >= 4 is 48.9 Å². The molecule has 1 aromatic heterocycles. The van der Waals surface area contributed by atoms with E-state index in [1.54, 1.807) is 0 Å². The standard InChI is InChI=1S/C17H19N5O4S2/c1-21-13-4-2-3-5-14(13)27-17(21)19-18-16(24)12-6-7-15(23)22(20-12)11-8-9-28(25,26)10-11/h2-5,11H,6-10H2,1H3,(H,18,24)/b19-17-. The van der Waals surface area contributed by atoms with E-state index in [-0.39, 0.29) is 36.0 Å². The van der Waals surface area contributed by atoms with Crippen LogP contribution < -0.4 is 10.2 Å². The summed E-state index contributed by atoms with van der Waals surface area (Å²) in [7, 11) is -1.29. The molecule has 148 valence electrons. The molecule has 2 aromatic rings. The zero-order valence-electron chi connectivity index (χ0n) is 15.2. The maximum atomic E-state index is 12.5. The number of carbonyl (C=O) groups is 2. The van der Waals surface area contributed by atoms with Crippen molar-refractivity contribution in [3.63, 3.8) is 0 Å². The van der Waals surface area contributed by atoms with Crippen molar-refractivity contribution in [1.29, 1.82) is 0 Å². The molecule has 2 aliphatic heterocycles. The number of aromatic nitrogens is 1. The molecule has 0 aliphatic carbocycles. The van der Waals surface area contributed by atoms with Crippen LogP contribution in [0.4, 0.5) is 0 Å². The molecule has 2 amide bonds. The van der Waals surface area contributed by atoms with Crippen molar-refractivity contribution < 1.29 is 18.0 Å². The molecule has 0 saturated carbocycles. The van der Waals surface area contributed by atoms with Gasteiger partial charge < -0.3 is 4.57 Å². The van der Waals surface area contributed by atoms with Gasteiger partial charge in [-0.15, -0.1) is 5.10 Å².